The third-order valence-electron chi connectivity index (χ3n) is 3.81. The highest BCUT2D eigenvalue weighted by Gasteiger charge is 2.21. The second kappa shape index (κ2) is 9.83. The van der Waals surface area contributed by atoms with E-state index in [2.05, 4.69) is 29.9 Å². The number of nitrogens with zero attached hydrogens (tertiary/aromatic N) is 1. The Kier molecular flexibility index (Phi) is 7.49. The van der Waals surface area contributed by atoms with E-state index in [1.807, 2.05) is 42.6 Å². The molecule has 2 aromatic rings. The molecule has 2 rings (SSSR count). The lowest BCUT2D eigenvalue weighted by molar-refractivity contribution is -0.121. The summed E-state index contributed by atoms with van der Waals surface area (Å²) in [5, 5.41) is 18.8. The molecule has 26 heavy (non-hydrogen) atoms. The fourth-order valence-electron chi connectivity index (χ4n) is 2.69. The summed E-state index contributed by atoms with van der Waals surface area (Å²) in [6, 6.07) is 9.50. The van der Waals surface area contributed by atoms with E-state index >= 15 is 0 Å². The molecular weight excluding hydrogens is 346 g/mol. The summed E-state index contributed by atoms with van der Waals surface area (Å²) in [7, 11) is 0. The largest absolute Gasteiger partial charge is 0.494 e. The van der Waals surface area contributed by atoms with Gasteiger partial charge in [0.25, 0.3) is 0 Å². The average molecular weight is 372 g/mol. The molecule has 138 valence electrons. The molecule has 6 heteroatoms. The van der Waals surface area contributed by atoms with Crippen LogP contribution in [0.3, 0.4) is 0 Å². The van der Waals surface area contributed by atoms with Crippen molar-refractivity contribution in [2.75, 3.05) is 18.5 Å². The predicted molar refractivity (Wildman–Crippen MR) is 106 cm³/mol. The lowest BCUT2D eigenvalue weighted by Gasteiger charge is -2.21. The second-order valence-electron chi connectivity index (χ2n) is 6.36. The van der Waals surface area contributed by atoms with Gasteiger partial charge in [-0.2, -0.15) is 5.26 Å². The molecule has 0 fully saturated rings. The number of nitrogens with one attached hydrogen (secondary N) is 2. The standard InChI is InChI=1S/C20H25N3O2S/c1-4-25-16-7-5-6-15(11-16)17-12-26-13-19(17)23-18(10-14(2)3)20(24)22-9-8-21/h5-7,11-14,18,23H,4,9-10H2,1-3H3,(H,22,24)/t18-/m0/s1. The van der Waals surface area contributed by atoms with Gasteiger partial charge in [-0.1, -0.05) is 26.0 Å². The van der Waals surface area contributed by atoms with Crippen LogP contribution in [-0.2, 0) is 4.79 Å². The minimum Gasteiger partial charge on any atom is -0.494 e. The smallest absolute Gasteiger partial charge is 0.243 e. The number of benzene rings is 1. The van der Waals surface area contributed by atoms with E-state index in [-0.39, 0.29) is 18.5 Å². The molecule has 0 saturated carbocycles. The molecule has 0 aliphatic carbocycles. The first-order valence-electron chi connectivity index (χ1n) is 8.75. The molecule has 0 saturated heterocycles. The van der Waals surface area contributed by atoms with E-state index in [9.17, 15) is 4.79 Å². The number of hydrogen-bond acceptors (Lipinski definition) is 5. The second-order valence-corrected chi connectivity index (χ2v) is 7.11. The number of anilines is 1. The molecular formula is C20H25N3O2S. The number of ether oxygens (including phenoxy) is 1. The van der Waals surface area contributed by atoms with Gasteiger partial charge in [-0.05, 0) is 37.0 Å². The summed E-state index contributed by atoms with van der Waals surface area (Å²) in [4.78, 5) is 12.4. The van der Waals surface area contributed by atoms with Crippen LogP contribution in [0.2, 0.25) is 0 Å². The lowest BCUT2D eigenvalue weighted by atomic mass is 10.0. The molecule has 1 aromatic carbocycles. The molecule has 0 unspecified atom stereocenters. The predicted octanol–water partition coefficient (Wildman–Crippen LogP) is 4.28. The monoisotopic (exact) mass is 371 g/mol. The third kappa shape index (κ3) is 5.50. The number of carbonyl (C=O) groups is 1. The number of thiophene rings is 1. The summed E-state index contributed by atoms with van der Waals surface area (Å²) in [5.74, 6) is 1.02. The van der Waals surface area contributed by atoms with Crippen LogP contribution in [0.4, 0.5) is 5.69 Å². The fourth-order valence-corrected chi connectivity index (χ4v) is 3.49. The van der Waals surface area contributed by atoms with E-state index in [1.54, 1.807) is 11.3 Å². The van der Waals surface area contributed by atoms with Gasteiger partial charge in [0.1, 0.15) is 18.3 Å². The van der Waals surface area contributed by atoms with Gasteiger partial charge in [0.2, 0.25) is 5.91 Å². The number of nitriles is 1. The first kappa shape index (κ1) is 19.8. The summed E-state index contributed by atoms with van der Waals surface area (Å²) in [5.41, 5.74) is 3.00. The van der Waals surface area contributed by atoms with Crippen molar-refractivity contribution in [1.29, 1.82) is 5.26 Å². The van der Waals surface area contributed by atoms with Crippen molar-refractivity contribution in [2.45, 2.75) is 33.2 Å². The van der Waals surface area contributed by atoms with Gasteiger partial charge in [-0.15, -0.1) is 11.3 Å². The van der Waals surface area contributed by atoms with Crippen molar-refractivity contribution in [3.05, 3.63) is 35.0 Å². The Bertz CT molecular complexity index is 764. The summed E-state index contributed by atoms with van der Waals surface area (Å²) in [6.45, 7) is 6.75. The Labute approximate surface area is 159 Å². The van der Waals surface area contributed by atoms with Gasteiger partial charge in [-0.3, -0.25) is 4.79 Å². The highest BCUT2D eigenvalue weighted by molar-refractivity contribution is 7.08. The highest BCUT2D eigenvalue weighted by Crippen LogP contribution is 2.34. The van der Waals surface area contributed by atoms with Crippen LogP contribution >= 0.6 is 11.3 Å². The maximum Gasteiger partial charge on any atom is 0.243 e. The van der Waals surface area contributed by atoms with Crippen LogP contribution in [0.15, 0.2) is 35.0 Å². The van der Waals surface area contributed by atoms with E-state index in [0.717, 1.165) is 22.6 Å². The van der Waals surface area contributed by atoms with Crippen LogP contribution in [0.25, 0.3) is 11.1 Å². The summed E-state index contributed by atoms with van der Waals surface area (Å²) >= 11 is 1.58. The molecule has 1 amide bonds. The van der Waals surface area contributed by atoms with Crippen molar-refractivity contribution >= 4 is 22.9 Å². The molecule has 0 aliphatic rings. The molecule has 0 spiro atoms. The van der Waals surface area contributed by atoms with Gasteiger partial charge in [0.05, 0.1) is 18.4 Å². The molecule has 0 bridgehead atoms. The molecule has 1 atom stereocenters. The van der Waals surface area contributed by atoms with E-state index in [1.165, 1.54) is 0 Å². The van der Waals surface area contributed by atoms with Crippen molar-refractivity contribution in [2.24, 2.45) is 5.92 Å². The van der Waals surface area contributed by atoms with Gasteiger partial charge in [-0.25, -0.2) is 0 Å². The Morgan fingerprint density at radius 3 is 2.85 bits per heavy atom. The van der Waals surface area contributed by atoms with Crippen LogP contribution in [0, 0.1) is 17.2 Å². The third-order valence-corrected chi connectivity index (χ3v) is 4.56. The minimum absolute atomic E-state index is 0.0159. The Morgan fingerprint density at radius 2 is 2.15 bits per heavy atom. The number of rotatable bonds is 9. The van der Waals surface area contributed by atoms with Crippen molar-refractivity contribution < 1.29 is 9.53 Å². The topological polar surface area (TPSA) is 74.2 Å². The molecule has 2 N–H and O–H groups in total. The van der Waals surface area contributed by atoms with E-state index < -0.39 is 0 Å². The van der Waals surface area contributed by atoms with E-state index in [4.69, 9.17) is 10.00 Å². The van der Waals surface area contributed by atoms with Gasteiger partial charge < -0.3 is 15.4 Å². The zero-order chi connectivity index (χ0) is 18.9. The number of hydrogen-bond donors (Lipinski definition) is 2. The van der Waals surface area contributed by atoms with Gasteiger partial charge in [0.15, 0.2) is 0 Å². The first-order chi connectivity index (χ1) is 12.5. The number of carbonyl (C=O) groups excluding carboxylic acids is 1. The highest BCUT2D eigenvalue weighted by atomic mass is 32.1. The maximum atomic E-state index is 12.4. The molecule has 0 radical (unpaired) electrons. The lowest BCUT2D eigenvalue weighted by Crippen LogP contribution is -2.40. The number of amides is 1. The zero-order valence-electron chi connectivity index (χ0n) is 15.4. The minimum atomic E-state index is -0.383. The SMILES string of the molecule is CCOc1cccc(-c2cscc2N[C@@H](CC(C)C)C(=O)NCC#N)c1. The van der Waals surface area contributed by atoms with Crippen LogP contribution in [0.1, 0.15) is 27.2 Å². The van der Waals surface area contributed by atoms with Crippen molar-refractivity contribution in [1.82, 2.24) is 5.32 Å². The van der Waals surface area contributed by atoms with Crippen molar-refractivity contribution in [3.63, 3.8) is 0 Å². The Morgan fingerprint density at radius 1 is 1.35 bits per heavy atom. The molecule has 0 aliphatic heterocycles. The molecule has 1 heterocycles. The zero-order valence-corrected chi connectivity index (χ0v) is 16.2. The maximum absolute atomic E-state index is 12.4. The van der Waals surface area contributed by atoms with Crippen molar-refractivity contribution in [3.8, 4) is 22.9 Å². The van der Waals surface area contributed by atoms with Crippen LogP contribution in [-0.4, -0.2) is 25.1 Å². The quantitative estimate of drug-likeness (QED) is 0.645. The first-order valence-corrected chi connectivity index (χ1v) is 9.70. The van der Waals surface area contributed by atoms with Crippen LogP contribution in [0.5, 0.6) is 5.75 Å². The van der Waals surface area contributed by atoms with Crippen LogP contribution < -0.4 is 15.4 Å². The van der Waals surface area contributed by atoms with Gasteiger partial charge >= 0.3 is 0 Å². The normalized spacial score (nSPS) is 11.7. The average Bonchev–Trinajstić information content (AvgIpc) is 3.07. The summed E-state index contributed by atoms with van der Waals surface area (Å²) < 4.78 is 5.59. The van der Waals surface area contributed by atoms with Gasteiger partial charge in [0, 0.05) is 16.3 Å². The summed E-state index contributed by atoms with van der Waals surface area (Å²) in [6.07, 6.45) is 0.686. The Balaban J connectivity index is 2.23. The van der Waals surface area contributed by atoms with E-state index in [0.29, 0.717) is 18.9 Å². The molecule has 5 nitrogen and oxygen atoms in total. The fraction of sp³-hybridized carbons (Fsp3) is 0.400. The Hall–Kier alpha value is -2.52. The molecule has 1 aromatic heterocycles.